The Bertz CT molecular complexity index is 633. The molecule has 2 heterocycles. The molecule has 0 fully saturated rings. The lowest BCUT2D eigenvalue weighted by molar-refractivity contribution is 0.466. The Morgan fingerprint density at radius 1 is 1.12 bits per heavy atom. The molecule has 0 amide bonds. The van der Waals surface area contributed by atoms with Crippen LogP contribution in [0.15, 0.2) is 45.4 Å². The molecule has 0 saturated heterocycles. The Morgan fingerprint density at radius 3 is 2.65 bits per heavy atom. The molecule has 0 aliphatic rings. The molecule has 0 aliphatic heterocycles. The van der Waals surface area contributed by atoms with Crippen LogP contribution in [0.3, 0.4) is 0 Å². The zero-order valence-corrected chi connectivity index (χ0v) is 10.2. The molecule has 0 aliphatic carbocycles. The van der Waals surface area contributed by atoms with E-state index in [9.17, 15) is 0 Å². The summed E-state index contributed by atoms with van der Waals surface area (Å²) in [6.07, 6.45) is 0. The van der Waals surface area contributed by atoms with Gasteiger partial charge in [-0.05, 0) is 0 Å². The fourth-order valence-electron chi connectivity index (χ4n) is 1.40. The van der Waals surface area contributed by atoms with Crippen molar-refractivity contribution in [3.8, 4) is 22.2 Å². The summed E-state index contributed by atoms with van der Waals surface area (Å²) in [4.78, 5) is 4.44. The third-order valence-electron chi connectivity index (χ3n) is 2.15. The van der Waals surface area contributed by atoms with Crippen LogP contribution in [0, 0.1) is 0 Å². The van der Waals surface area contributed by atoms with Crippen LogP contribution in [0.2, 0.25) is 0 Å². The summed E-state index contributed by atoms with van der Waals surface area (Å²) in [6.45, 7) is 0. The second-order valence-corrected chi connectivity index (χ2v) is 4.48. The average Bonchev–Trinajstić information content (AvgIpc) is 2.98. The average molecular weight is 260 g/mol. The molecule has 0 saturated carbocycles. The molecule has 1 aromatic carbocycles. The van der Waals surface area contributed by atoms with Gasteiger partial charge in [0.25, 0.3) is 5.89 Å². The van der Waals surface area contributed by atoms with Crippen molar-refractivity contribution in [2.24, 2.45) is 0 Å². The predicted octanol–water partition coefficient (Wildman–Crippen LogP) is 2.77. The van der Waals surface area contributed by atoms with Crippen molar-refractivity contribution in [1.29, 1.82) is 0 Å². The van der Waals surface area contributed by atoms with Gasteiger partial charge in [0, 0.05) is 10.9 Å². The van der Waals surface area contributed by atoms with Crippen LogP contribution in [-0.2, 0) is 12.6 Å². The Kier molecular flexibility index (Phi) is 2.58. The van der Waals surface area contributed by atoms with Crippen molar-refractivity contribution in [3.05, 3.63) is 35.7 Å². The van der Waals surface area contributed by atoms with Crippen molar-refractivity contribution in [3.63, 3.8) is 0 Å². The van der Waals surface area contributed by atoms with E-state index in [-0.39, 0.29) is 5.22 Å². The predicted molar refractivity (Wildman–Crippen MR) is 66.5 cm³/mol. The number of hydrogen-bond donors (Lipinski definition) is 0. The first-order chi connectivity index (χ1) is 8.33. The first kappa shape index (κ1) is 10.4. The van der Waals surface area contributed by atoms with E-state index in [4.69, 9.17) is 17.0 Å². The van der Waals surface area contributed by atoms with Crippen LogP contribution in [-0.4, -0.2) is 15.2 Å². The van der Waals surface area contributed by atoms with E-state index in [0.717, 1.165) is 10.6 Å². The maximum atomic E-state index is 5.16. The summed E-state index contributed by atoms with van der Waals surface area (Å²) in [7, 11) is 0. The highest BCUT2D eigenvalue weighted by atomic mass is 32.1. The topological polar surface area (TPSA) is 51.8 Å². The standard InChI is InChI=1S/C11H7N3OS2/c16-11-14-13-9(15-11)8-6-17-10(12-8)7-4-2-1-3-5-7/h1-6H,(H,14,16)/p-1. The van der Waals surface area contributed by atoms with Gasteiger partial charge < -0.3 is 17.0 Å². The van der Waals surface area contributed by atoms with E-state index in [1.54, 1.807) is 0 Å². The highest BCUT2D eigenvalue weighted by Gasteiger charge is 2.10. The molecule has 17 heavy (non-hydrogen) atoms. The van der Waals surface area contributed by atoms with Crippen molar-refractivity contribution in [2.75, 3.05) is 0 Å². The van der Waals surface area contributed by atoms with E-state index < -0.39 is 0 Å². The Morgan fingerprint density at radius 2 is 1.94 bits per heavy atom. The quantitative estimate of drug-likeness (QED) is 0.663. The van der Waals surface area contributed by atoms with Gasteiger partial charge in [0.15, 0.2) is 0 Å². The number of aromatic nitrogens is 3. The van der Waals surface area contributed by atoms with Crippen LogP contribution in [0.5, 0.6) is 0 Å². The van der Waals surface area contributed by atoms with Gasteiger partial charge in [0.2, 0.25) is 0 Å². The molecule has 0 spiro atoms. The summed E-state index contributed by atoms with van der Waals surface area (Å²) in [5.41, 5.74) is 1.74. The highest BCUT2D eigenvalue weighted by molar-refractivity contribution is 7.58. The van der Waals surface area contributed by atoms with Crippen LogP contribution in [0.4, 0.5) is 0 Å². The number of nitrogens with zero attached hydrogens (tertiary/aromatic N) is 3. The molecule has 84 valence electrons. The van der Waals surface area contributed by atoms with Crippen LogP contribution < -0.4 is 0 Å². The van der Waals surface area contributed by atoms with E-state index in [0.29, 0.717) is 11.6 Å². The van der Waals surface area contributed by atoms with Gasteiger partial charge in [0.1, 0.15) is 10.7 Å². The van der Waals surface area contributed by atoms with Gasteiger partial charge in [-0.25, -0.2) is 4.98 Å². The maximum Gasteiger partial charge on any atom is 0.265 e. The number of thiazole rings is 1. The first-order valence-electron chi connectivity index (χ1n) is 4.85. The zero-order valence-electron chi connectivity index (χ0n) is 8.53. The zero-order chi connectivity index (χ0) is 11.7. The van der Waals surface area contributed by atoms with E-state index >= 15 is 0 Å². The van der Waals surface area contributed by atoms with E-state index in [2.05, 4.69) is 15.2 Å². The molecule has 0 bridgehead atoms. The summed E-state index contributed by atoms with van der Waals surface area (Å²) in [6, 6.07) is 9.94. The van der Waals surface area contributed by atoms with Gasteiger partial charge >= 0.3 is 0 Å². The van der Waals surface area contributed by atoms with Gasteiger partial charge in [-0.2, -0.15) is 0 Å². The molecule has 0 N–H and O–H groups in total. The summed E-state index contributed by atoms with van der Waals surface area (Å²) >= 11 is 6.30. The maximum absolute atomic E-state index is 5.16. The second-order valence-electron chi connectivity index (χ2n) is 3.28. The highest BCUT2D eigenvalue weighted by Crippen LogP contribution is 2.27. The smallest absolute Gasteiger partial charge is 0.265 e. The minimum Gasteiger partial charge on any atom is -0.719 e. The first-order valence-corrected chi connectivity index (χ1v) is 6.13. The molecule has 6 heteroatoms. The number of hydrogen-bond acceptors (Lipinski definition) is 6. The fourth-order valence-corrected chi connectivity index (χ4v) is 2.32. The molecular weight excluding hydrogens is 254 g/mol. The number of rotatable bonds is 2. The molecular formula is C11H6N3OS2-. The molecule has 0 unspecified atom stereocenters. The normalized spacial score (nSPS) is 10.6. The molecule has 0 atom stereocenters. The van der Waals surface area contributed by atoms with Gasteiger partial charge in [-0.15, -0.1) is 21.5 Å². The van der Waals surface area contributed by atoms with Crippen LogP contribution in [0.1, 0.15) is 0 Å². The van der Waals surface area contributed by atoms with Crippen molar-refractivity contribution < 1.29 is 4.42 Å². The van der Waals surface area contributed by atoms with Crippen LogP contribution in [0.25, 0.3) is 22.2 Å². The Hall–Kier alpha value is -1.79. The fraction of sp³-hybridized carbons (Fsp3) is 0. The lowest BCUT2D eigenvalue weighted by Crippen LogP contribution is -1.79. The van der Waals surface area contributed by atoms with E-state index in [1.807, 2.05) is 35.7 Å². The lowest BCUT2D eigenvalue weighted by Gasteiger charge is -1.93. The van der Waals surface area contributed by atoms with Crippen molar-refractivity contribution in [2.45, 2.75) is 5.22 Å². The summed E-state index contributed by atoms with van der Waals surface area (Å²) in [5, 5.41) is 10.4. The van der Waals surface area contributed by atoms with Gasteiger partial charge in [-0.1, -0.05) is 30.3 Å². The van der Waals surface area contributed by atoms with Crippen LogP contribution >= 0.6 is 11.3 Å². The monoisotopic (exact) mass is 260 g/mol. The third kappa shape index (κ3) is 2.04. The minimum absolute atomic E-state index is 0.134. The van der Waals surface area contributed by atoms with E-state index in [1.165, 1.54) is 11.3 Å². The van der Waals surface area contributed by atoms with Gasteiger partial charge in [-0.3, -0.25) is 0 Å². The molecule has 2 aromatic heterocycles. The molecule has 0 radical (unpaired) electrons. The summed E-state index contributed by atoms with van der Waals surface area (Å²) in [5.74, 6) is 0.369. The Balaban J connectivity index is 1.99. The molecule has 3 aromatic rings. The van der Waals surface area contributed by atoms with Crippen molar-refractivity contribution >= 4 is 24.0 Å². The largest absolute Gasteiger partial charge is 0.719 e. The number of benzene rings is 1. The van der Waals surface area contributed by atoms with Gasteiger partial charge in [0.05, 0.1) is 5.22 Å². The minimum atomic E-state index is 0.134. The third-order valence-corrected chi connectivity index (χ3v) is 3.21. The SMILES string of the molecule is [S-]c1nnc(-c2csc(-c3ccccc3)n2)o1. The molecule has 4 nitrogen and oxygen atoms in total. The lowest BCUT2D eigenvalue weighted by atomic mass is 10.2. The van der Waals surface area contributed by atoms with Crippen molar-refractivity contribution in [1.82, 2.24) is 15.2 Å². The molecule has 3 rings (SSSR count). The summed E-state index contributed by atoms with van der Waals surface area (Å²) < 4.78 is 5.16. The Labute approximate surface area is 107 Å². The second kappa shape index (κ2) is 4.23.